The number of halogens is 1. The summed E-state index contributed by atoms with van der Waals surface area (Å²) in [4.78, 5) is 3.46. The minimum absolute atomic E-state index is 1.11. The Balaban J connectivity index is 2.00. The van der Waals surface area contributed by atoms with Gasteiger partial charge in [0.25, 0.3) is 0 Å². The average molecular weight is 322 g/mol. The summed E-state index contributed by atoms with van der Waals surface area (Å²) in [6, 6.07) is 23.4. The first kappa shape index (κ1) is 11.7. The molecule has 0 amide bonds. The van der Waals surface area contributed by atoms with Crippen LogP contribution in [0.25, 0.3) is 32.9 Å². The quantitative estimate of drug-likeness (QED) is 0.459. The van der Waals surface area contributed by atoms with Gasteiger partial charge in [0.2, 0.25) is 0 Å². The topological polar surface area (TPSA) is 15.8 Å². The van der Waals surface area contributed by atoms with Gasteiger partial charge in [-0.25, -0.2) is 0 Å². The lowest BCUT2D eigenvalue weighted by Gasteiger charge is -2.03. The largest absolute Gasteiger partial charge is 0.355 e. The number of para-hydroxylation sites is 1. The standard InChI is InChI=1S/C18H12BrN/c19-14-5-3-4-12(10-14)13-8-9-18-16(11-13)15-6-1-2-7-17(15)20-18/h1-11,20H. The zero-order valence-corrected chi connectivity index (χ0v) is 12.3. The Hall–Kier alpha value is -2.06. The van der Waals surface area contributed by atoms with Crippen LogP contribution < -0.4 is 0 Å². The summed E-state index contributed by atoms with van der Waals surface area (Å²) in [6.45, 7) is 0. The van der Waals surface area contributed by atoms with Crippen molar-refractivity contribution >= 4 is 37.7 Å². The van der Waals surface area contributed by atoms with Crippen LogP contribution in [0.2, 0.25) is 0 Å². The van der Waals surface area contributed by atoms with Gasteiger partial charge >= 0.3 is 0 Å². The van der Waals surface area contributed by atoms with Gasteiger partial charge in [-0.2, -0.15) is 0 Å². The lowest BCUT2D eigenvalue weighted by Crippen LogP contribution is -1.78. The van der Waals surface area contributed by atoms with Crippen LogP contribution in [0.15, 0.2) is 71.2 Å². The first-order chi connectivity index (χ1) is 9.81. The van der Waals surface area contributed by atoms with E-state index in [9.17, 15) is 0 Å². The number of benzene rings is 3. The van der Waals surface area contributed by atoms with E-state index >= 15 is 0 Å². The van der Waals surface area contributed by atoms with Crippen molar-refractivity contribution in [2.45, 2.75) is 0 Å². The van der Waals surface area contributed by atoms with E-state index in [0.29, 0.717) is 0 Å². The average Bonchev–Trinajstić information content (AvgIpc) is 2.85. The smallest absolute Gasteiger partial charge is 0.0465 e. The third-order valence-corrected chi connectivity index (χ3v) is 4.16. The molecule has 0 bridgehead atoms. The molecule has 2 heteroatoms. The summed E-state index contributed by atoms with van der Waals surface area (Å²) in [5.41, 5.74) is 4.84. The second kappa shape index (κ2) is 4.50. The number of aromatic nitrogens is 1. The lowest BCUT2D eigenvalue weighted by molar-refractivity contribution is 1.54. The monoisotopic (exact) mass is 321 g/mol. The number of nitrogens with one attached hydrogen (secondary N) is 1. The molecule has 0 saturated heterocycles. The Morgan fingerprint density at radius 3 is 2.35 bits per heavy atom. The Labute approximate surface area is 125 Å². The molecule has 1 heterocycles. The zero-order chi connectivity index (χ0) is 13.5. The first-order valence-corrected chi connectivity index (χ1v) is 7.37. The van der Waals surface area contributed by atoms with E-state index in [4.69, 9.17) is 0 Å². The van der Waals surface area contributed by atoms with Crippen molar-refractivity contribution in [2.24, 2.45) is 0 Å². The van der Waals surface area contributed by atoms with Crippen molar-refractivity contribution in [3.63, 3.8) is 0 Å². The minimum Gasteiger partial charge on any atom is -0.355 e. The molecule has 0 spiro atoms. The number of aromatic amines is 1. The molecule has 3 aromatic carbocycles. The lowest BCUT2D eigenvalue weighted by atomic mass is 10.0. The predicted octanol–water partition coefficient (Wildman–Crippen LogP) is 5.75. The van der Waals surface area contributed by atoms with E-state index in [-0.39, 0.29) is 0 Å². The van der Waals surface area contributed by atoms with Crippen LogP contribution in [0.5, 0.6) is 0 Å². The Morgan fingerprint density at radius 2 is 1.45 bits per heavy atom. The molecule has 0 fully saturated rings. The molecule has 96 valence electrons. The molecule has 1 aromatic heterocycles. The normalized spacial score (nSPS) is 11.2. The summed E-state index contributed by atoms with van der Waals surface area (Å²) >= 11 is 3.54. The third-order valence-electron chi connectivity index (χ3n) is 3.66. The molecule has 0 atom stereocenters. The van der Waals surface area contributed by atoms with Crippen LogP contribution >= 0.6 is 15.9 Å². The number of hydrogen-bond acceptors (Lipinski definition) is 0. The molecular weight excluding hydrogens is 310 g/mol. The van der Waals surface area contributed by atoms with Crippen LogP contribution in [0.1, 0.15) is 0 Å². The van der Waals surface area contributed by atoms with Gasteiger partial charge in [0, 0.05) is 26.3 Å². The van der Waals surface area contributed by atoms with Crippen molar-refractivity contribution in [1.82, 2.24) is 4.98 Å². The highest BCUT2D eigenvalue weighted by Crippen LogP contribution is 2.30. The summed E-state index contributed by atoms with van der Waals surface area (Å²) < 4.78 is 1.11. The maximum Gasteiger partial charge on any atom is 0.0465 e. The first-order valence-electron chi connectivity index (χ1n) is 6.58. The zero-order valence-electron chi connectivity index (χ0n) is 10.7. The van der Waals surface area contributed by atoms with E-state index in [2.05, 4.69) is 81.6 Å². The van der Waals surface area contributed by atoms with Gasteiger partial charge in [-0.1, -0.05) is 52.3 Å². The Kier molecular flexibility index (Phi) is 2.64. The molecule has 0 radical (unpaired) electrons. The van der Waals surface area contributed by atoms with Crippen LogP contribution in [0.4, 0.5) is 0 Å². The highest BCUT2D eigenvalue weighted by atomic mass is 79.9. The molecule has 0 unspecified atom stereocenters. The van der Waals surface area contributed by atoms with Gasteiger partial charge in [0.1, 0.15) is 0 Å². The van der Waals surface area contributed by atoms with Gasteiger partial charge in [-0.15, -0.1) is 0 Å². The highest BCUT2D eigenvalue weighted by Gasteiger charge is 2.05. The van der Waals surface area contributed by atoms with Gasteiger partial charge in [0.05, 0.1) is 0 Å². The number of H-pyrrole nitrogens is 1. The molecule has 4 rings (SSSR count). The van der Waals surface area contributed by atoms with E-state index < -0.39 is 0 Å². The molecule has 20 heavy (non-hydrogen) atoms. The second-order valence-electron chi connectivity index (χ2n) is 4.94. The fourth-order valence-corrected chi connectivity index (χ4v) is 3.10. The maximum atomic E-state index is 3.54. The van der Waals surface area contributed by atoms with E-state index in [1.54, 1.807) is 0 Å². The van der Waals surface area contributed by atoms with Crippen molar-refractivity contribution < 1.29 is 0 Å². The van der Waals surface area contributed by atoms with E-state index in [0.717, 1.165) is 4.47 Å². The number of fused-ring (bicyclic) bond motifs is 3. The van der Waals surface area contributed by atoms with Crippen molar-refractivity contribution in [3.05, 3.63) is 71.2 Å². The molecule has 1 N–H and O–H groups in total. The fraction of sp³-hybridized carbons (Fsp3) is 0. The van der Waals surface area contributed by atoms with Gasteiger partial charge in [-0.3, -0.25) is 0 Å². The molecule has 0 aliphatic carbocycles. The summed E-state index contributed by atoms with van der Waals surface area (Å²) in [6.07, 6.45) is 0. The third kappa shape index (κ3) is 1.84. The van der Waals surface area contributed by atoms with Crippen LogP contribution in [-0.4, -0.2) is 4.98 Å². The molecule has 0 aliphatic rings. The molecule has 0 aliphatic heterocycles. The van der Waals surface area contributed by atoms with Crippen molar-refractivity contribution in [2.75, 3.05) is 0 Å². The number of hydrogen-bond donors (Lipinski definition) is 1. The summed E-state index contributed by atoms with van der Waals surface area (Å²) in [5.74, 6) is 0. The van der Waals surface area contributed by atoms with Crippen LogP contribution in [0, 0.1) is 0 Å². The van der Waals surface area contributed by atoms with Crippen molar-refractivity contribution in [3.8, 4) is 11.1 Å². The summed E-state index contributed by atoms with van der Waals surface area (Å²) in [7, 11) is 0. The Morgan fingerprint density at radius 1 is 0.650 bits per heavy atom. The van der Waals surface area contributed by atoms with Gasteiger partial charge in [-0.05, 0) is 41.5 Å². The summed E-state index contributed by atoms with van der Waals surface area (Å²) in [5, 5.41) is 2.55. The molecule has 1 nitrogen and oxygen atoms in total. The van der Waals surface area contributed by atoms with E-state index in [1.807, 2.05) is 6.07 Å². The predicted molar refractivity (Wildman–Crippen MR) is 88.9 cm³/mol. The van der Waals surface area contributed by atoms with Crippen LogP contribution in [-0.2, 0) is 0 Å². The SMILES string of the molecule is Brc1cccc(-c2ccc3[nH]c4ccccc4c3c2)c1. The van der Waals surface area contributed by atoms with Gasteiger partial charge in [0.15, 0.2) is 0 Å². The molecule has 0 saturated carbocycles. The van der Waals surface area contributed by atoms with E-state index in [1.165, 1.54) is 32.9 Å². The molecular formula is C18H12BrN. The number of rotatable bonds is 1. The second-order valence-corrected chi connectivity index (χ2v) is 5.86. The van der Waals surface area contributed by atoms with Crippen molar-refractivity contribution in [1.29, 1.82) is 0 Å². The Bertz CT molecular complexity index is 921. The van der Waals surface area contributed by atoms with Gasteiger partial charge < -0.3 is 4.98 Å². The fourth-order valence-electron chi connectivity index (χ4n) is 2.70. The minimum atomic E-state index is 1.11. The maximum absolute atomic E-state index is 3.54. The van der Waals surface area contributed by atoms with Crippen LogP contribution in [0.3, 0.4) is 0 Å². The highest BCUT2D eigenvalue weighted by molar-refractivity contribution is 9.10. The molecule has 4 aromatic rings.